The summed E-state index contributed by atoms with van der Waals surface area (Å²) in [7, 11) is 0. The molecule has 0 radical (unpaired) electrons. The van der Waals surface area contributed by atoms with Gasteiger partial charge in [0.2, 0.25) is 5.88 Å². The van der Waals surface area contributed by atoms with Gasteiger partial charge in [0.25, 0.3) is 0 Å². The van der Waals surface area contributed by atoms with Crippen molar-refractivity contribution < 1.29 is 9.84 Å². The van der Waals surface area contributed by atoms with Crippen molar-refractivity contribution in [1.82, 2.24) is 9.97 Å². The van der Waals surface area contributed by atoms with Crippen LogP contribution in [0.15, 0.2) is 36.8 Å². The van der Waals surface area contributed by atoms with Crippen molar-refractivity contribution in [2.24, 2.45) is 0 Å². The number of aliphatic hydroxyl groups excluding tert-OH is 1. The van der Waals surface area contributed by atoms with E-state index in [-0.39, 0.29) is 6.61 Å². The standard InChI is InChI=1S/C11H9ClN2O2/c12-9-1-3-10(4-2-9)16-11-8(6-15)5-13-7-14-11/h1-5,7,15H,6H2. The van der Waals surface area contributed by atoms with E-state index in [9.17, 15) is 0 Å². The number of aliphatic hydroxyl groups is 1. The zero-order valence-corrected chi connectivity index (χ0v) is 9.05. The van der Waals surface area contributed by atoms with Crippen LogP contribution in [0.2, 0.25) is 5.02 Å². The van der Waals surface area contributed by atoms with Gasteiger partial charge in [-0.05, 0) is 24.3 Å². The van der Waals surface area contributed by atoms with E-state index in [0.29, 0.717) is 22.2 Å². The van der Waals surface area contributed by atoms with Gasteiger partial charge in [-0.2, -0.15) is 0 Å². The number of ether oxygens (including phenoxy) is 1. The van der Waals surface area contributed by atoms with E-state index in [1.807, 2.05) is 0 Å². The van der Waals surface area contributed by atoms with Crippen molar-refractivity contribution >= 4 is 11.6 Å². The molecule has 0 atom stereocenters. The predicted molar refractivity (Wildman–Crippen MR) is 59.5 cm³/mol. The summed E-state index contributed by atoms with van der Waals surface area (Å²) in [5, 5.41) is 9.70. The van der Waals surface area contributed by atoms with Gasteiger partial charge in [-0.15, -0.1) is 0 Å². The van der Waals surface area contributed by atoms with Crippen LogP contribution in [0, 0.1) is 0 Å². The monoisotopic (exact) mass is 236 g/mol. The lowest BCUT2D eigenvalue weighted by Gasteiger charge is -2.07. The third-order valence-corrected chi connectivity index (χ3v) is 2.20. The second-order valence-corrected chi connectivity index (χ2v) is 3.50. The first-order valence-corrected chi connectivity index (χ1v) is 5.00. The van der Waals surface area contributed by atoms with E-state index in [2.05, 4.69) is 9.97 Å². The van der Waals surface area contributed by atoms with Crippen molar-refractivity contribution in [2.75, 3.05) is 0 Å². The zero-order chi connectivity index (χ0) is 11.4. The zero-order valence-electron chi connectivity index (χ0n) is 8.30. The molecule has 0 saturated heterocycles. The van der Waals surface area contributed by atoms with Crippen LogP contribution in [0.1, 0.15) is 5.56 Å². The van der Waals surface area contributed by atoms with E-state index in [0.717, 1.165) is 0 Å². The van der Waals surface area contributed by atoms with Gasteiger partial charge in [-0.1, -0.05) is 11.6 Å². The summed E-state index contributed by atoms with van der Waals surface area (Å²) < 4.78 is 5.49. The molecule has 0 unspecified atom stereocenters. The molecule has 0 aliphatic heterocycles. The third-order valence-electron chi connectivity index (χ3n) is 1.95. The number of nitrogens with zero attached hydrogens (tertiary/aromatic N) is 2. The fourth-order valence-electron chi connectivity index (χ4n) is 1.16. The van der Waals surface area contributed by atoms with Crippen LogP contribution < -0.4 is 4.74 Å². The Morgan fingerprint density at radius 1 is 1.25 bits per heavy atom. The molecular formula is C11H9ClN2O2. The van der Waals surface area contributed by atoms with Crippen LogP contribution in [0.3, 0.4) is 0 Å². The quantitative estimate of drug-likeness (QED) is 0.889. The molecule has 2 rings (SSSR count). The summed E-state index contributed by atoms with van der Waals surface area (Å²) in [5.41, 5.74) is 0.539. The largest absolute Gasteiger partial charge is 0.439 e. The first kappa shape index (κ1) is 10.9. The van der Waals surface area contributed by atoms with Crippen LogP contribution in [0.4, 0.5) is 0 Å². The van der Waals surface area contributed by atoms with Gasteiger partial charge in [-0.3, -0.25) is 0 Å². The van der Waals surface area contributed by atoms with Gasteiger partial charge in [-0.25, -0.2) is 9.97 Å². The number of benzene rings is 1. The Balaban J connectivity index is 2.23. The molecule has 1 aromatic heterocycles. The van der Waals surface area contributed by atoms with E-state index >= 15 is 0 Å². The lowest BCUT2D eigenvalue weighted by Crippen LogP contribution is -1.95. The van der Waals surface area contributed by atoms with Gasteiger partial charge in [0.15, 0.2) is 0 Å². The number of hydrogen-bond donors (Lipinski definition) is 1. The molecule has 4 nitrogen and oxygen atoms in total. The lowest BCUT2D eigenvalue weighted by atomic mass is 10.3. The van der Waals surface area contributed by atoms with Crippen molar-refractivity contribution in [3.8, 4) is 11.6 Å². The fraction of sp³-hybridized carbons (Fsp3) is 0.0909. The van der Waals surface area contributed by atoms with Gasteiger partial charge >= 0.3 is 0 Å². The molecule has 0 saturated carbocycles. The maximum absolute atomic E-state index is 9.06. The third kappa shape index (κ3) is 2.48. The molecule has 0 bridgehead atoms. The summed E-state index contributed by atoms with van der Waals surface area (Å²) in [6.07, 6.45) is 2.88. The van der Waals surface area contributed by atoms with E-state index in [1.165, 1.54) is 12.5 Å². The highest BCUT2D eigenvalue weighted by Crippen LogP contribution is 2.23. The Hall–Kier alpha value is -1.65. The van der Waals surface area contributed by atoms with Crippen LogP contribution in [-0.4, -0.2) is 15.1 Å². The van der Waals surface area contributed by atoms with Crippen molar-refractivity contribution in [1.29, 1.82) is 0 Å². The molecule has 0 amide bonds. The van der Waals surface area contributed by atoms with E-state index in [1.54, 1.807) is 24.3 Å². The molecule has 1 aromatic carbocycles. The molecule has 2 aromatic rings. The lowest BCUT2D eigenvalue weighted by molar-refractivity contribution is 0.274. The highest BCUT2D eigenvalue weighted by atomic mass is 35.5. The molecule has 82 valence electrons. The van der Waals surface area contributed by atoms with Gasteiger partial charge in [0, 0.05) is 11.2 Å². The van der Waals surface area contributed by atoms with E-state index in [4.69, 9.17) is 21.4 Å². The summed E-state index contributed by atoms with van der Waals surface area (Å²) in [5.74, 6) is 0.956. The molecule has 5 heteroatoms. The minimum Gasteiger partial charge on any atom is -0.439 e. The maximum atomic E-state index is 9.06. The molecule has 1 N–H and O–H groups in total. The van der Waals surface area contributed by atoms with Gasteiger partial charge in [0.05, 0.1) is 12.2 Å². The molecule has 16 heavy (non-hydrogen) atoms. The van der Waals surface area contributed by atoms with Crippen molar-refractivity contribution in [2.45, 2.75) is 6.61 Å². The SMILES string of the molecule is OCc1cncnc1Oc1ccc(Cl)cc1. The average Bonchev–Trinajstić information content (AvgIpc) is 2.33. The van der Waals surface area contributed by atoms with Crippen LogP contribution in [0.25, 0.3) is 0 Å². The summed E-state index contributed by atoms with van der Waals surface area (Å²) in [6, 6.07) is 6.89. The summed E-state index contributed by atoms with van der Waals surface area (Å²) in [4.78, 5) is 7.74. The minimum atomic E-state index is -0.163. The van der Waals surface area contributed by atoms with Crippen LogP contribution >= 0.6 is 11.6 Å². The Bertz CT molecular complexity index is 474. The second-order valence-electron chi connectivity index (χ2n) is 3.07. The second kappa shape index (κ2) is 4.92. The normalized spacial score (nSPS) is 10.1. The van der Waals surface area contributed by atoms with Crippen molar-refractivity contribution in [3.63, 3.8) is 0 Å². The Kier molecular flexibility index (Phi) is 3.34. The van der Waals surface area contributed by atoms with Gasteiger partial charge in [0.1, 0.15) is 12.1 Å². The van der Waals surface area contributed by atoms with Crippen molar-refractivity contribution in [3.05, 3.63) is 47.4 Å². The smallest absolute Gasteiger partial charge is 0.227 e. The minimum absolute atomic E-state index is 0.163. The molecular weight excluding hydrogens is 228 g/mol. The Labute approximate surface area is 97.5 Å². The average molecular weight is 237 g/mol. The number of rotatable bonds is 3. The molecule has 0 aliphatic rings. The highest BCUT2D eigenvalue weighted by Gasteiger charge is 2.05. The summed E-state index contributed by atoms with van der Waals surface area (Å²) >= 11 is 5.75. The first-order chi connectivity index (χ1) is 7.79. The molecule has 1 heterocycles. The maximum Gasteiger partial charge on any atom is 0.227 e. The highest BCUT2D eigenvalue weighted by molar-refractivity contribution is 6.30. The fourth-order valence-corrected chi connectivity index (χ4v) is 1.29. The molecule has 0 spiro atoms. The number of halogens is 1. The Morgan fingerprint density at radius 3 is 2.69 bits per heavy atom. The number of aromatic nitrogens is 2. The number of hydrogen-bond acceptors (Lipinski definition) is 4. The summed E-state index contributed by atoms with van der Waals surface area (Å²) in [6.45, 7) is -0.163. The Morgan fingerprint density at radius 2 is 2.00 bits per heavy atom. The van der Waals surface area contributed by atoms with Gasteiger partial charge < -0.3 is 9.84 Å². The van der Waals surface area contributed by atoms with Crippen LogP contribution in [0.5, 0.6) is 11.6 Å². The topological polar surface area (TPSA) is 55.2 Å². The van der Waals surface area contributed by atoms with E-state index < -0.39 is 0 Å². The molecule has 0 aliphatic carbocycles. The first-order valence-electron chi connectivity index (χ1n) is 4.63. The predicted octanol–water partition coefficient (Wildman–Crippen LogP) is 2.41. The molecule has 0 fully saturated rings. The van der Waals surface area contributed by atoms with Crippen LogP contribution in [-0.2, 0) is 6.61 Å².